The Bertz CT molecular complexity index is 1200. The summed E-state index contributed by atoms with van der Waals surface area (Å²) in [6, 6.07) is 8.07. The van der Waals surface area contributed by atoms with Crippen LogP contribution in [0.3, 0.4) is 0 Å². The Kier molecular flexibility index (Phi) is 6.66. The number of hydrogen-bond donors (Lipinski definition) is 0. The molecule has 0 radical (unpaired) electrons. The van der Waals surface area contributed by atoms with Gasteiger partial charge in [-0.05, 0) is 76.8 Å². The number of ether oxygens (including phenoxy) is 1. The molecule has 2 aromatic heterocycles. The zero-order chi connectivity index (χ0) is 24.6. The molecule has 1 aliphatic rings. The Morgan fingerprint density at radius 2 is 1.97 bits per heavy atom. The quantitative estimate of drug-likeness (QED) is 0.505. The average Bonchev–Trinajstić information content (AvgIpc) is 3.33. The van der Waals surface area contributed by atoms with Gasteiger partial charge in [-0.25, -0.2) is 13.9 Å². The van der Waals surface area contributed by atoms with Gasteiger partial charge < -0.3 is 14.5 Å². The van der Waals surface area contributed by atoms with E-state index in [4.69, 9.17) is 4.74 Å². The van der Waals surface area contributed by atoms with Gasteiger partial charge in [-0.1, -0.05) is 0 Å². The lowest BCUT2D eigenvalue weighted by Crippen LogP contribution is -2.44. The lowest BCUT2D eigenvalue weighted by atomic mass is 9.97. The Morgan fingerprint density at radius 3 is 2.65 bits per heavy atom. The van der Waals surface area contributed by atoms with Crippen LogP contribution in [0.1, 0.15) is 49.0 Å². The van der Waals surface area contributed by atoms with E-state index in [1.807, 2.05) is 38.7 Å². The number of carbonyl (C=O) groups is 2. The molecule has 0 aliphatic carbocycles. The zero-order valence-corrected chi connectivity index (χ0v) is 21.1. The summed E-state index contributed by atoms with van der Waals surface area (Å²) >= 11 is 1.40. The van der Waals surface area contributed by atoms with Gasteiger partial charge >= 0.3 is 6.09 Å². The normalized spacial score (nSPS) is 16.6. The van der Waals surface area contributed by atoms with Crippen molar-refractivity contribution in [1.29, 1.82) is 0 Å². The van der Waals surface area contributed by atoms with Gasteiger partial charge in [0, 0.05) is 32.1 Å². The number of likely N-dealkylation sites (tertiary alicyclic amines) is 1. The molecule has 1 fully saturated rings. The minimum absolute atomic E-state index is 0.00382. The van der Waals surface area contributed by atoms with Crippen molar-refractivity contribution in [2.45, 2.75) is 46.1 Å². The fraction of sp³-hybridized carbons (Fsp3) is 0.480. The van der Waals surface area contributed by atoms with Crippen LogP contribution >= 0.6 is 11.3 Å². The van der Waals surface area contributed by atoms with Gasteiger partial charge in [0.15, 0.2) is 0 Å². The first-order chi connectivity index (χ1) is 16.0. The van der Waals surface area contributed by atoms with Gasteiger partial charge in [0.2, 0.25) is 0 Å². The molecular weight excluding hydrogens is 455 g/mol. The highest BCUT2D eigenvalue weighted by molar-refractivity contribution is 7.20. The van der Waals surface area contributed by atoms with Gasteiger partial charge in [0.05, 0.1) is 16.3 Å². The number of fused-ring (bicyclic) bond motifs is 1. The first kappa shape index (κ1) is 24.2. The molecule has 3 aromatic rings. The molecule has 182 valence electrons. The standard InChI is InChI=1S/C25H31FN4O3S/c1-16-20-13-21(34-23(20)30(27-16)19-10-8-18(26)9-11-19)22(31)29-12-6-7-17(15-29)14-28(5)24(32)33-25(2,3)4/h8-11,13,17H,6-7,12,14-15H2,1-5H3. The molecule has 0 bridgehead atoms. The third-order valence-electron chi connectivity index (χ3n) is 5.87. The third kappa shape index (κ3) is 5.24. The summed E-state index contributed by atoms with van der Waals surface area (Å²) in [5, 5.41) is 5.51. The Morgan fingerprint density at radius 1 is 1.26 bits per heavy atom. The van der Waals surface area contributed by atoms with Gasteiger partial charge in [0.25, 0.3) is 5.91 Å². The van der Waals surface area contributed by atoms with Crippen molar-refractivity contribution in [1.82, 2.24) is 19.6 Å². The average molecular weight is 487 g/mol. The topological polar surface area (TPSA) is 67.7 Å². The second-order valence-electron chi connectivity index (χ2n) is 9.92. The number of aryl methyl sites for hydroxylation is 1. The van der Waals surface area contributed by atoms with E-state index in [0.717, 1.165) is 34.4 Å². The maximum absolute atomic E-state index is 13.4. The molecule has 7 nitrogen and oxygen atoms in total. The highest BCUT2D eigenvalue weighted by atomic mass is 32.1. The van der Waals surface area contributed by atoms with Crippen molar-refractivity contribution in [3.05, 3.63) is 46.7 Å². The first-order valence-corrected chi connectivity index (χ1v) is 12.3. The van der Waals surface area contributed by atoms with Crippen molar-refractivity contribution >= 4 is 33.6 Å². The summed E-state index contributed by atoms with van der Waals surface area (Å²) in [5.74, 6) is -0.111. The maximum Gasteiger partial charge on any atom is 0.410 e. The lowest BCUT2D eigenvalue weighted by molar-refractivity contribution is 0.0244. The van der Waals surface area contributed by atoms with Crippen LogP contribution in [-0.4, -0.2) is 63.9 Å². The summed E-state index contributed by atoms with van der Waals surface area (Å²) in [4.78, 5) is 30.7. The van der Waals surface area contributed by atoms with Crippen molar-refractivity contribution < 1.29 is 18.7 Å². The van der Waals surface area contributed by atoms with Crippen molar-refractivity contribution in [3.8, 4) is 5.69 Å². The Hall–Kier alpha value is -2.94. The molecule has 1 aliphatic heterocycles. The number of aromatic nitrogens is 2. The van der Waals surface area contributed by atoms with Crippen LogP contribution in [0.5, 0.6) is 0 Å². The third-order valence-corrected chi connectivity index (χ3v) is 6.97. The number of nitrogens with zero attached hydrogens (tertiary/aromatic N) is 4. The van der Waals surface area contributed by atoms with E-state index in [1.165, 1.54) is 23.5 Å². The minimum atomic E-state index is -0.539. The summed E-state index contributed by atoms with van der Waals surface area (Å²) < 4.78 is 20.6. The second-order valence-corrected chi connectivity index (χ2v) is 11.0. The summed E-state index contributed by atoms with van der Waals surface area (Å²) in [6.45, 7) is 9.30. The molecule has 9 heteroatoms. The Labute approximate surface area is 203 Å². The number of benzene rings is 1. The van der Waals surface area contributed by atoms with Crippen molar-refractivity contribution in [2.24, 2.45) is 5.92 Å². The molecular formula is C25H31FN4O3S. The van der Waals surface area contributed by atoms with Gasteiger partial charge in [0.1, 0.15) is 16.2 Å². The van der Waals surface area contributed by atoms with E-state index >= 15 is 0 Å². The number of thiophene rings is 1. The summed E-state index contributed by atoms with van der Waals surface area (Å²) in [5.41, 5.74) is 1.04. The van der Waals surface area contributed by atoms with Crippen LogP contribution in [0.2, 0.25) is 0 Å². The summed E-state index contributed by atoms with van der Waals surface area (Å²) in [6.07, 6.45) is 1.51. The van der Waals surface area contributed by atoms with E-state index in [9.17, 15) is 14.0 Å². The predicted molar refractivity (Wildman–Crippen MR) is 131 cm³/mol. The Balaban J connectivity index is 1.48. The van der Waals surface area contributed by atoms with Crippen molar-refractivity contribution in [2.75, 3.05) is 26.7 Å². The van der Waals surface area contributed by atoms with E-state index in [0.29, 0.717) is 24.5 Å². The van der Waals surface area contributed by atoms with E-state index in [-0.39, 0.29) is 23.7 Å². The lowest BCUT2D eigenvalue weighted by Gasteiger charge is -2.35. The molecule has 1 atom stereocenters. The molecule has 0 spiro atoms. The van der Waals surface area contributed by atoms with Gasteiger partial charge in [-0.2, -0.15) is 5.10 Å². The number of piperidine rings is 1. The fourth-order valence-electron chi connectivity index (χ4n) is 4.27. The zero-order valence-electron chi connectivity index (χ0n) is 20.3. The van der Waals surface area contributed by atoms with E-state index in [2.05, 4.69) is 5.10 Å². The van der Waals surface area contributed by atoms with Crippen LogP contribution in [0.15, 0.2) is 30.3 Å². The monoisotopic (exact) mass is 486 g/mol. The number of amides is 2. The smallest absolute Gasteiger partial charge is 0.410 e. The van der Waals surface area contributed by atoms with Crippen LogP contribution in [0.4, 0.5) is 9.18 Å². The molecule has 1 saturated heterocycles. The SMILES string of the molecule is Cc1nn(-c2ccc(F)cc2)c2sc(C(=O)N3CCCC(CN(C)C(=O)OC(C)(C)C)C3)cc12. The molecule has 4 rings (SSSR count). The molecule has 2 amide bonds. The van der Waals surface area contributed by atoms with Crippen LogP contribution in [0.25, 0.3) is 15.9 Å². The van der Waals surface area contributed by atoms with Gasteiger partial charge in [-0.15, -0.1) is 11.3 Å². The molecule has 34 heavy (non-hydrogen) atoms. The number of hydrogen-bond acceptors (Lipinski definition) is 5. The molecule has 0 N–H and O–H groups in total. The second kappa shape index (κ2) is 9.37. The number of carbonyl (C=O) groups excluding carboxylic acids is 2. The predicted octanol–water partition coefficient (Wildman–Crippen LogP) is 5.25. The van der Waals surface area contributed by atoms with E-state index < -0.39 is 5.60 Å². The van der Waals surface area contributed by atoms with Crippen LogP contribution in [0, 0.1) is 18.7 Å². The van der Waals surface area contributed by atoms with Crippen molar-refractivity contribution in [3.63, 3.8) is 0 Å². The molecule has 3 heterocycles. The number of halogens is 1. The molecule has 1 aromatic carbocycles. The van der Waals surface area contributed by atoms with Gasteiger partial charge in [-0.3, -0.25) is 4.79 Å². The first-order valence-electron chi connectivity index (χ1n) is 11.5. The number of rotatable bonds is 4. The van der Waals surface area contributed by atoms with E-state index in [1.54, 1.807) is 28.8 Å². The van der Waals surface area contributed by atoms with Crippen LogP contribution in [-0.2, 0) is 4.74 Å². The van der Waals surface area contributed by atoms with Crippen LogP contribution < -0.4 is 0 Å². The fourth-order valence-corrected chi connectivity index (χ4v) is 5.42. The molecule has 0 saturated carbocycles. The molecule has 1 unspecified atom stereocenters. The maximum atomic E-state index is 13.4. The largest absolute Gasteiger partial charge is 0.444 e. The minimum Gasteiger partial charge on any atom is -0.444 e. The summed E-state index contributed by atoms with van der Waals surface area (Å²) in [7, 11) is 1.74. The highest BCUT2D eigenvalue weighted by Gasteiger charge is 2.29. The highest BCUT2D eigenvalue weighted by Crippen LogP contribution is 2.32.